The molecule has 0 spiro atoms. The van der Waals surface area contributed by atoms with Crippen molar-refractivity contribution < 1.29 is 18.9 Å². The molecule has 3 aromatic rings. The number of hydrogen-bond donors (Lipinski definition) is 1. The summed E-state index contributed by atoms with van der Waals surface area (Å²) < 4.78 is 23.9. The van der Waals surface area contributed by atoms with E-state index in [-0.39, 0.29) is 12.8 Å². The summed E-state index contributed by atoms with van der Waals surface area (Å²) in [6.45, 7) is 3.73. The molecule has 170 valence electrons. The van der Waals surface area contributed by atoms with Crippen LogP contribution >= 0.6 is 15.9 Å². The molecule has 1 unspecified atom stereocenters. The van der Waals surface area contributed by atoms with Gasteiger partial charge in [-0.05, 0) is 75.3 Å². The molecule has 0 fully saturated rings. The third kappa shape index (κ3) is 4.45. The first-order valence-electron chi connectivity index (χ1n) is 11.0. The van der Waals surface area contributed by atoms with Crippen LogP contribution in [0.3, 0.4) is 0 Å². The fourth-order valence-electron chi connectivity index (χ4n) is 4.29. The Morgan fingerprint density at radius 3 is 2.70 bits per heavy atom. The van der Waals surface area contributed by atoms with E-state index in [1.165, 1.54) is 11.1 Å². The average molecular weight is 508 g/mol. The lowest BCUT2D eigenvalue weighted by molar-refractivity contribution is 0.174. The number of aryl methyl sites for hydroxylation is 1. The van der Waals surface area contributed by atoms with Crippen molar-refractivity contribution in [1.82, 2.24) is 5.32 Å². The summed E-state index contributed by atoms with van der Waals surface area (Å²) in [5.41, 5.74) is 5.81. The molecule has 0 bridgehead atoms. The first-order valence-corrected chi connectivity index (χ1v) is 11.8. The molecule has 2 aliphatic heterocycles. The van der Waals surface area contributed by atoms with E-state index in [4.69, 9.17) is 18.9 Å². The molecule has 5 nitrogen and oxygen atoms in total. The SMILES string of the molecule is COc1cc2c(c(Br)c1OCc1ccccc1)CCNC2/C=C/c1cc2c(cc1C)OCO2. The van der Waals surface area contributed by atoms with E-state index in [1.807, 2.05) is 30.3 Å². The Balaban J connectivity index is 1.43. The van der Waals surface area contributed by atoms with Gasteiger partial charge in [-0.15, -0.1) is 0 Å². The van der Waals surface area contributed by atoms with Crippen LogP contribution in [0.2, 0.25) is 0 Å². The van der Waals surface area contributed by atoms with Crippen molar-refractivity contribution in [1.29, 1.82) is 0 Å². The van der Waals surface area contributed by atoms with Crippen LogP contribution in [-0.2, 0) is 13.0 Å². The highest BCUT2D eigenvalue weighted by Crippen LogP contribution is 2.44. The zero-order chi connectivity index (χ0) is 22.8. The minimum atomic E-state index is 0.0620. The maximum absolute atomic E-state index is 6.20. The lowest BCUT2D eigenvalue weighted by Gasteiger charge is -2.28. The van der Waals surface area contributed by atoms with E-state index < -0.39 is 0 Å². The van der Waals surface area contributed by atoms with Gasteiger partial charge in [0.15, 0.2) is 23.0 Å². The van der Waals surface area contributed by atoms with Crippen molar-refractivity contribution >= 4 is 22.0 Å². The van der Waals surface area contributed by atoms with Crippen molar-refractivity contribution in [3.8, 4) is 23.0 Å². The smallest absolute Gasteiger partial charge is 0.231 e. The van der Waals surface area contributed by atoms with Gasteiger partial charge in [0, 0.05) is 6.54 Å². The molecule has 0 aliphatic carbocycles. The minimum absolute atomic E-state index is 0.0620. The number of methoxy groups -OCH3 is 1. The Morgan fingerprint density at radius 1 is 1.12 bits per heavy atom. The molecule has 0 amide bonds. The van der Waals surface area contributed by atoms with Gasteiger partial charge in [0.05, 0.1) is 17.6 Å². The van der Waals surface area contributed by atoms with E-state index in [2.05, 4.69) is 58.5 Å². The Morgan fingerprint density at radius 2 is 1.91 bits per heavy atom. The Labute approximate surface area is 202 Å². The van der Waals surface area contributed by atoms with Gasteiger partial charge < -0.3 is 24.3 Å². The third-order valence-electron chi connectivity index (χ3n) is 6.07. The number of fused-ring (bicyclic) bond motifs is 2. The molecule has 2 aliphatic rings. The van der Waals surface area contributed by atoms with Crippen LogP contribution in [0.1, 0.15) is 33.9 Å². The number of benzene rings is 3. The molecule has 1 N–H and O–H groups in total. The van der Waals surface area contributed by atoms with Crippen LogP contribution in [0.25, 0.3) is 6.08 Å². The van der Waals surface area contributed by atoms with Gasteiger partial charge in [-0.2, -0.15) is 0 Å². The highest BCUT2D eigenvalue weighted by atomic mass is 79.9. The maximum Gasteiger partial charge on any atom is 0.231 e. The van der Waals surface area contributed by atoms with E-state index in [1.54, 1.807) is 7.11 Å². The van der Waals surface area contributed by atoms with Gasteiger partial charge in [0.2, 0.25) is 6.79 Å². The Kier molecular flexibility index (Phi) is 6.29. The lowest BCUT2D eigenvalue weighted by atomic mass is 9.92. The number of ether oxygens (including phenoxy) is 4. The quantitative estimate of drug-likeness (QED) is 0.445. The van der Waals surface area contributed by atoms with Crippen molar-refractivity contribution in [2.45, 2.75) is 26.0 Å². The molecule has 5 rings (SSSR count). The molecule has 2 heterocycles. The van der Waals surface area contributed by atoms with E-state index in [0.717, 1.165) is 57.1 Å². The zero-order valence-corrected chi connectivity index (χ0v) is 20.3. The van der Waals surface area contributed by atoms with Crippen molar-refractivity contribution in [2.75, 3.05) is 20.4 Å². The number of hydrogen-bond acceptors (Lipinski definition) is 5. The summed E-state index contributed by atoms with van der Waals surface area (Å²) in [4.78, 5) is 0. The number of rotatable bonds is 6. The van der Waals surface area contributed by atoms with Crippen LogP contribution in [0.15, 0.2) is 59.1 Å². The largest absolute Gasteiger partial charge is 0.493 e. The minimum Gasteiger partial charge on any atom is -0.493 e. The second kappa shape index (κ2) is 9.49. The lowest BCUT2D eigenvalue weighted by Crippen LogP contribution is -2.29. The summed E-state index contributed by atoms with van der Waals surface area (Å²) in [5, 5.41) is 3.61. The Hall–Kier alpha value is -2.96. The van der Waals surface area contributed by atoms with Crippen molar-refractivity contribution in [3.63, 3.8) is 0 Å². The van der Waals surface area contributed by atoms with Crippen LogP contribution in [-0.4, -0.2) is 20.4 Å². The standard InChI is InChI=1S/C27H26BrNO4/c1-17-12-23-24(33-16-32-23)13-19(17)8-9-22-21-14-25(30-2)27(26(28)20(21)10-11-29-22)31-15-18-6-4-3-5-7-18/h3-9,12-14,22,29H,10-11,15-16H2,1-2H3/b9-8+. The highest BCUT2D eigenvalue weighted by Gasteiger charge is 2.25. The molecule has 6 heteroatoms. The van der Waals surface area contributed by atoms with Crippen LogP contribution in [0.5, 0.6) is 23.0 Å². The third-order valence-corrected chi connectivity index (χ3v) is 6.91. The zero-order valence-electron chi connectivity index (χ0n) is 18.7. The fraction of sp³-hybridized carbons (Fsp3) is 0.259. The van der Waals surface area contributed by atoms with Gasteiger partial charge in [-0.3, -0.25) is 0 Å². The van der Waals surface area contributed by atoms with E-state index in [0.29, 0.717) is 6.61 Å². The Bertz CT molecular complexity index is 1190. The molecule has 33 heavy (non-hydrogen) atoms. The fourth-order valence-corrected chi connectivity index (χ4v) is 5.02. The summed E-state index contributed by atoms with van der Waals surface area (Å²) >= 11 is 3.81. The summed E-state index contributed by atoms with van der Waals surface area (Å²) in [5.74, 6) is 3.07. The van der Waals surface area contributed by atoms with Gasteiger partial charge in [-0.1, -0.05) is 42.5 Å². The van der Waals surface area contributed by atoms with Gasteiger partial charge in [0.1, 0.15) is 6.61 Å². The topological polar surface area (TPSA) is 49.0 Å². The van der Waals surface area contributed by atoms with Gasteiger partial charge in [0.25, 0.3) is 0 Å². The molecule has 0 saturated carbocycles. The molecule has 0 aromatic heterocycles. The first-order chi connectivity index (χ1) is 16.1. The van der Waals surface area contributed by atoms with Crippen LogP contribution in [0, 0.1) is 6.92 Å². The van der Waals surface area contributed by atoms with Crippen molar-refractivity contribution in [2.24, 2.45) is 0 Å². The second-order valence-electron chi connectivity index (χ2n) is 8.17. The van der Waals surface area contributed by atoms with E-state index >= 15 is 0 Å². The van der Waals surface area contributed by atoms with Crippen LogP contribution < -0.4 is 24.3 Å². The molecule has 3 aromatic carbocycles. The summed E-state index contributed by atoms with van der Waals surface area (Å²) in [6.07, 6.45) is 5.25. The summed E-state index contributed by atoms with van der Waals surface area (Å²) in [7, 11) is 1.68. The predicted octanol–water partition coefficient (Wildman–Crippen LogP) is 5.97. The molecular formula is C27H26BrNO4. The van der Waals surface area contributed by atoms with Gasteiger partial charge >= 0.3 is 0 Å². The van der Waals surface area contributed by atoms with Crippen LogP contribution in [0.4, 0.5) is 0 Å². The monoisotopic (exact) mass is 507 g/mol. The first kappa shape index (κ1) is 21.9. The maximum atomic E-state index is 6.20. The predicted molar refractivity (Wildman–Crippen MR) is 132 cm³/mol. The molecule has 1 atom stereocenters. The normalized spacial score (nSPS) is 16.6. The molecular weight excluding hydrogens is 482 g/mol. The molecule has 0 radical (unpaired) electrons. The van der Waals surface area contributed by atoms with Crippen molar-refractivity contribution in [3.05, 3.63) is 86.9 Å². The summed E-state index contributed by atoms with van der Waals surface area (Å²) in [6, 6.07) is 16.4. The second-order valence-corrected chi connectivity index (χ2v) is 8.96. The average Bonchev–Trinajstić information content (AvgIpc) is 3.29. The number of halogens is 1. The number of nitrogens with one attached hydrogen (secondary N) is 1. The molecule has 0 saturated heterocycles. The van der Waals surface area contributed by atoms with Gasteiger partial charge in [-0.25, -0.2) is 0 Å². The highest BCUT2D eigenvalue weighted by molar-refractivity contribution is 9.10. The van der Waals surface area contributed by atoms with E-state index in [9.17, 15) is 0 Å².